The molecule has 0 amide bonds. The molecule has 1 unspecified atom stereocenters. The summed E-state index contributed by atoms with van der Waals surface area (Å²) < 4.78 is 5.47. The molecule has 0 heterocycles. The number of carbonyl (C=O) groups is 1. The molecule has 0 bridgehead atoms. The molecule has 0 aliphatic heterocycles. The molecule has 0 aliphatic carbocycles. The van der Waals surface area contributed by atoms with Crippen molar-refractivity contribution in [2.45, 2.75) is 65.2 Å². The number of hydrogen-bond donors (Lipinski definition) is 0. The standard InChI is InChI=1S/C18H28O2/c1-3-5-6-7-9-13-16(12-4-2)18(19)20-17-14-10-8-11-15-17/h8,10-11,14-16H,3-7,9,12-13H2,1-2H3. The van der Waals surface area contributed by atoms with E-state index in [1.165, 1.54) is 25.7 Å². The van der Waals surface area contributed by atoms with E-state index in [4.69, 9.17) is 4.74 Å². The number of carbonyl (C=O) groups excluding carboxylic acids is 1. The monoisotopic (exact) mass is 276 g/mol. The molecule has 1 aromatic carbocycles. The minimum atomic E-state index is -0.0615. The van der Waals surface area contributed by atoms with E-state index in [0.29, 0.717) is 5.75 Å². The number of unbranched alkanes of at least 4 members (excludes halogenated alkanes) is 4. The summed E-state index contributed by atoms with van der Waals surface area (Å²) in [5.41, 5.74) is 0. The third kappa shape index (κ3) is 6.74. The lowest BCUT2D eigenvalue weighted by molar-refractivity contribution is -0.139. The van der Waals surface area contributed by atoms with E-state index in [-0.39, 0.29) is 11.9 Å². The van der Waals surface area contributed by atoms with Crippen LogP contribution in [0, 0.1) is 5.92 Å². The Morgan fingerprint density at radius 3 is 2.30 bits per heavy atom. The molecule has 0 spiro atoms. The van der Waals surface area contributed by atoms with Gasteiger partial charge >= 0.3 is 5.97 Å². The van der Waals surface area contributed by atoms with E-state index in [9.17, 15) is 4.79 Å². The Hall–Kier alpha value is -1.31. The molecule has 0 fully saturated rings. The molecule has 1 atom stereocenters. The van der Waals surface area contributed by atoms with Crippen LogP contribution in [0.3, 0.4) is 0 Å². The Labute approximate surface area is 123 Å². The average Bonchev–Trinajstić information content (AvgIpc) is 2.47. The van der Waals surface area contributed by atoms with Crippen LogP contribution in [0.25, 0.3) is 0 Å². The quantitative estimate of drug-likeness (QED) is 0.326. The maximum atomic E-state index is 12.2. The average molecular weight is 276 g/mol. The van der Waals surface area contributed by atoms with Gasteiger partial charge in [-0.2, -0.15) is 0 Å². The van der Waals surface area contributed by atoms with Gasteiger partial charge in [0.2, 0.25) is 0 Å². The van der Waals surface area contributed by atoms with Crippen LogP contribution >= 0.6 is 0 Å². The van der Waals surface area contributed by atoms with Crippen molar-refractivity contribution < 1.29 is 9.53 Å². The van der Waals surface area contributed by atoms with E-state index in [2.05, 4.69) is 13.8 Å². The number of esters is 1. The van der Waals surface area contributed by atoms with Gasteiger partial charge in [0.1, 0.15) is 5.75 Å². The highest BCUT2D eigenvalue weighted by atomic mass is 16.5. The maximum absolute atomic E-state index is 12.2. The van der Waals surface area contributed by atoms with Gasteiger partial charge in [0.05, 0.1) is 5.92 Å². The first kappa shape index (κ1) is 16.7. The Balaban J connectivity index is 2.38. The van der Waals surface area contributed by atoms with Gasteiger partial charge in [0.15, 0.2) is 0 Å². The van der Waals surface area contributed by atoms with Gasteiger partial charge in [-0.25, -0.2) is 0 Å². The molecule has 2 heteroatoms. The van der Waals surface area contributed by atoms with E-state index in [1.54, 1.807) is 0 Å². The van der Waals surface area contributed by atoms with Crippen molar-refractivity contribution >= 4 is 5.97 Å². The molecule has 0 radical (unpaired) electrons. The van der Waals surface area contributed by atoms with Crippen LogP contribution in [0.2, 0.25) is 0 Å². The van der Waals surface area contributed by atoms with Gasteiger partial charge in [-0.05, 0) is 25.0 Å². The van der Waals surface area contributed by atoms with Crippen LogP contribution in [0.4, 0.5) is 0 Å². The van der Waals surface area contributed by atoms with Crippen LogP contribution < -0.4 is 4.74 Å². The Morgan fingerprint density at radius 2 is 1.65 bits per heavy atom. The fourth-order valence-corrected chi connectivity index (χ4v) is 2.41. The lowest BCUT2D eigenvalue weighted by Gasteiger charge is -2.15. The summed E-state index contributed by atoms with van der Waals surface area (Å²) in [5, 5.41) is 0. The molecule has 0 aromatic heterocycles. The molecule has 0 saturated carbocycles. The zero-order valence-electron chi connectivity index (χ0n) is 12.9. The summed E-state index contributed by atoms with van der Waals surface area (Å²) in [5.74, 6) is 0.653. The third-order valence-electron chi connectivity index (χ3n) is 3.59. The van der Waals surface area contributed by atoms with Crippen LogP contribution in [0.5, 0.6) is 5.75 Å². The van der Waals surface area contributed by atoms with Crippen LogP contribution in [-0.2, 0) is 4.79 Å². The van der Waals surface area contributed by atoms with Crippen molar-refractivity contribution in [3.8, 4) is 5.75 Å². The summed E-state index contributed by atoms with van der Waals surface area (Å²) in [6, 6.07) is 9.38. The number of para-hydroxylation sites is 1. The number of benzene rings is 1. The summed E-state index contributed by atoms with van der Waals surface area (Å²) in [7, 11) is 0. The Kier molecular flexibility index (Phi) is 8.77. The molecule has 2 nitrogen and oxygen atoms in total. The summed E-state index contributed by atoms with van der Waals surface area (Å²) in [6.45, 7) is 4.34. The smallest absolute Gasteiger partial charge is 0.314 e. The maximum Gasteiger partial charge on any atom is 0.314 e. The van der Waals surface area contributed by atoms with E-state index in [0.717, 1.165) is 25.7 Å². The normalized spacial score (nSPS) is 12.1. The summed E-state index contributed by atoms with van der Waals surface area (Å²) in [6.07, 6.45) is 9.12. The first-order chi connectivity index (χ1) is 9.77. The zero-order chi connectivity index (χ0) is 14.6. The van der Waals surface area contributed by atoms with Crippen molar-refractivity contribution in [2.24, 2.45) is 5.92 Å². The fourth-order valence-electron chi connectivity index (χ4n) is 2.41. The minimum absolute atomic E-state index is 0.0573. The number of rotatable bonds is 10. The van der Waals surface area contributed by atoms with Crippen LogP contribution in [0.1, 0.15) is 65.2 Å². The fraction of sp³-hybridized carbons (Fsp3) is 0.611. The van der Waals surface area contributed by atoms with Gasteiger partial charge < -0.3 is 4.74 Å². The number of hydrogen-bond acceptors (Lipinski definition) is 2. The van der Waals surface area contributed by atoms with Gasteiger partial charge in [0.25, 0.3) is 0 Å². The van der Waals surface area contributed by atoms with E-state index >= 15 is 0 Å². The predicted molar refractivity (Wildman–Crippen MR) is 83.9 cm³/mol. The van der Waals surface area contributed by atoms with Crippen LogP contribution in [-0.4, -0.2) is 5.97 Å². The highest BCUT2D eigenvalue weighted by Gasteiger charge is 2.19. The first-order valence-electron chi connectivity index (χ1n) is 8.04. The van der Waals surface area contributed by atoms with E-state index < -0.39 is 0 Å². The van der Waals surface area contributed by atoms with E-state index in [1.807, 2.05) is 30.3 Å². The van der Waals surface area contributed by atoms with Gasteiger partial charge in [-0.1, -0.05) is 70.6 Å². The first-order valence-corrected chi connectivity index (χ1v) is 8.04. The molecule has 0 aliphatic rings. The third-order valence-corrected chi connectivity index (χ3v) is 3.59. The van der Waals surface area contributed by atoms with Crippen LogP contribution in [0.15, 0.2) is 30.3 Å². The van der Waals surface area contributed by atoms with Crippen molar-refractivity contribution in [3.63, 3.8) is 0 Å². The molecule has 1 rings (SSSR count). The summed E-state index contributed by atoms with van der Waals surface area (Å²) >= 11 is 0. The largest absolute Gasteiger partial charge is 0.426 e. The highest BCUT2D eigenvalue weighted by Crippen LogP contribution is 2.20. The van der Waals surface area contributed by atoms with Crippen molar-refractivity contribution in [1.82, 2.24) is 0 Å². The van der Waals surface area contributed by atoms with Crippen molar-refractivity contribution in [2.75, 3.05) is 0 Å². The Morgan fingerprint density at radius 1 is 0.950 bits per heavy atom. The molecule has 1 aromatic rings. The minimum Gasteiger partial charge on any atom is -0.426 e. The van der Waals surface area contributed by atoms with Gasteiger partial charge in [-0.15, -0.1) is 0 Å². The van der Waals surface area contributed by atoms with Crippen molar-refractivity contribution in [1.29, 1.82) is 0 Å². The summed E-state index contributed by atoms with van der Waals surface area (Å²) in [4.78, 5) is 12.2. The molecule has 0 saturated heterocycles. The second kappa shape index (κ2) is 10.5. The number of ether oxygens (including phenoxy) is 1. The van der Waals surface area contributed by atoms with Gasteiger partial charge in [0, 0.05) is 0 Å². The van der Waals surface area contributed by atoms with Gasteiger partial charge in [-0.3, -0.25) is 4.79 Å². The SMILES string of the molecule is CCCCCCCC(CCC)C(=O)Oc1ccccc1. The lowest BCUT2D eigenvalue weighted by Crippen LogP contribution is -2.20. The Bertz CT molecular complexity index is 359. The second-order valence-corrected chi connectivity index (χ2v) is 5.42. The molecular weight excluding hydrogens is 248 g/mol. The zero-order valence-corrected chi connectivity index (χ0v) is 12.9. The highest BCUT2D eigenvalue weighted by molar-refractivity contribution is 5.75. The predicted octanol–water partition coefficient (Wildman–Crippen LogP) is 5.37. The van der Waals surface area contributed by atoms with Crippen molar-refractivity contribution in [3.05, 3.63) is 30.3 Å². The second-order valence-electron chi connectivity index (χ2n) is 5.42. The molecule has 112 valence electrons. The lowest BCUT2D eigenvalue weighted by atomic mass is 9.96. The topological polar surface area (TPSA) is 26.3 Å². The molecule has 20 heavy (non-hydrogen) atoms. The molecular formula is C18H28O2. The molecule has 0 N–H and O–H groups in total.